The van der Waals surface area contributed by atoms with Crippen molar-refractivity contribution in [2.45, 2.75) is 84.8 Å². The van der Waals surface area contributed by atoms with Crippen molar-refractivity contribution in [3.05, 3.63) is 70.3 Å². The van der Waals surface area contributed by atoms with E-state index in [0.717, 1.165) is 60.4 Å². The van der Waals surface area contributed by atoms with E-state index in [1.54, 1.807) is 27.7 Å². The Morgan fingerprint density at radius 1 is 0.923 bits per heavy atom. The predicted octanol–water partition coefficient (Wildman–Crippen LogP) is 5.38. The molecule has 4 aliphatic carbocycles. The third-order valence-electron chi connectivity index (χ3n) is 13.8. The number of phenolic OH excluding ortho intramolecular Hbond substituents is 1. The minimum Gasteiger partial charge on any atom is -0.507 e. The van der Waals surface area contributed by atoms with E-state index in [-0.39, 0.29) is 11.3 Å². The van der Waals surface area contributed by atoms with Crippen molar-refractivity contribution in [2.24, 2.45) is 34.5 Å². The summed E-state index contributed by atoms with van der Waals surface area (Å²) in [5.74, 6) is -10.8. The maximum absolute atomic E-state index is 15.2. The first-order valence-corrected chi connectivity index (χ1v) is 18.4. The van der Waals surface area contributed by atoms with E-state index in [9.17, 15) is 29.7 Å². The summed E-state index contributed by atoms with van der Waals surface area (Å²) in [7, 11) is 0. The van der Waals surface area contributed by atoms with E-state index in [4.69, 9.17) is 4.74 Å². The Bertz CT molecular complexity index is 2160. The summed E-state index contributed by atoms with van der Waals surface area (Å²) in [5.41, 5.74) is -0.629. The maximum atomic E-state index is 15.2. The SMILES string of the molecule is CC(=O)C1C(=O)C(C(C)C)[C@@]2(C)[C@H](O)[C@]3(C)C(C(=O)c4c(O)c(-c5cccc6c5CCC6)cc(-c5ccc6c(c5)OCC6)c4[C@H]3C)C(=O)[C@@]2(O)C1=O. The molecule has 0 aromatic heterocycles. The van der Waals surface area contributed by atoms with Crippen LogP contribution < -0.4 is 4.74 Å². The maximum Gasteiger partial charge on any atom is 0.191 e. The van der Waals surface area contributed by atoms with Gasteiger partial charge in [0.1, 0.15) is 23.2 Å². The normalized spacial score (nSPS) is 33.3. The van der Waals surface area contributed by atoms with E-state index in [0.29, 0.717) is 29.0 Å². The van der Waals surface area contributed by atoms with Crippen molar-refractivity contribution < 1.29 is 44.0 Å². The second kappa shape index (κ2) is 11.3. The second-order valence-electron chi connectivity index (χ2n) is 16.5. The van der Waals surface area contributed by atoms with Crippen LogP contribution in [0.15, 0.2) is 42.5 Å². The number of Topliss-reactive ketones (excluding diaryl/α,β-unsaturated/α-hetero) is 5. The van der Waals surface area contributed by atoms with Crippen molar-refractivity contribution in [3.63, 3.8) is 0 Å². The van der Waals surface area contributed by atoms with Crippen LogP contribution in [0.4, 0.5) is 0 Å². The lowest BCUT2D eigenvalue weighted by atomic mass is 9.37. The van der Waals surface area contributed by atoms with E-state index in [1.165, 1.54) is 6.92 Å². The first-order chi connectivity index (χ1) is 24.5. The standard InChI is InChI=1S/C43H44O9/c1-19(2)33-36(46)31(21(4)44)38(48)43(51)39(49)34-37(47)32-30(20(3)41(34,5)40(50)42(33,43)6)27(24-14-13-23-15-16-52-29(23)17-24)18-28(35(32)45)26-12-8-10-22-9-7-11-25(22)26/h8,10,12-14,17-20,31,33-34,40,45,50-51H,7,9,11,15-16H2,1-6H3/t20-,31?,33?,34?,40-,41+,42+,43+/m1/s1. The van der Waals surface area contributed by atoms with Gasteiger partial charge in [0, 0.05) is 28.7 Å². The number of carbonyl (C=O) groups excluding carboxylic acids is 5. The van der Waals surface area contributed by atoms with Gasteiger partial charge in [0.15, 0.2) is 28.7 Å². The van der Waals surface area contributed by atoms with Gasteiger partial charge in [0.25, 0.3) is 0 Å². The Balaban J connectivity index is 1.43. The molecule has 0 saturated heterocycles. The van der Waals surface area contributed by atoms with E-state index in [2.05, 4.69) is 6.07 Å². The van der Waals surface area contributed by atoms with Gasteiger partial charge in [0.2, 0.25) is 0 Å². The lowest BCUT2D eigenvalue weighted by molar-refractivity contribution is -0.240. The zero-order valence-electron chi connectivity index (χ0n) is 30.3. The third-order valence-corrected chi connectivity index (χ3v) is 13.8. The molecule has 2 saturated carbocycles. The number of benzene rings is 3. The number of fused-ring (bicyclic) bond motifs is 5. The fourth-order valence-electron chi connectivity index (χ4n) is 11.1. The van der Waals surface area contributed by atoms with Gasteiger partial charge in [-0.3, -0.25) is 24.0 Å². The lowest BCUT2D eigenvalue weighted by Gasteiger charge is -2.65. The summed E-state index contributed by atoms with van der Waals surface area (Å²) in [6.45, 7) is 9.73. The van der Waals surface area contributed by atoms with Crippen LogP contribution in [0.1, 0.15) is 86.5 Å². The monoisotopic (exact) mass is 704 g/mol. The number of ether oxygens (including phenoxy) is 1. The number of aromatic hydroxyl groups is 1. The van der Waals surface area contributed by atoms with Crippen molar-refractivity contribution >= 4 is 28.9 Å². The van der Waals surface area contributed by atoms with Gasteiger partial charge in [-0.25, -0.2) is 0 Å². The summed E-state index contributed by atoms with van der Waals surface area (Å²) in [6.07, 6.45) is 1.64. The highest BCUT2D eigenvalue weighted by atomic mass is 16.5. The number of hydrogen-bond acceptors (Lipinski definition) is 9. The lowest BCUT2D eigenvalue weighted by Crippen LogP contribution is -2.82. The Morgan fingerprint density at radius 3 is 2.35 bits per heavy atom. The molecule has 52 heavy (non-hydrogen) atoms. The molecule has 8 rings (SSSR count). The molecule has 0 bridgehead atoms. The fraction of sp³-hybridized carbons (Fsp3) is 0.465. The van der Waals surface area contributed by atoms with Gasteiger partial charge in [-0.05, 0) is 89.1 Å². The molecule has 9 heteroatoms. The summed E-state index contributed by atoms with van der Waals surface area (Å²) >= 11 is 0. The minimum absolute atomic E-state index is 0.102. The number of rotatable bonds is 4. The van der Waals surface area contributed by atoms with Gasteiger partial charge in [-0.15, -0.1) is 0 Å². The van der Waals surface area contributed by atoms with Crippen molar-refractivity contribution in [1.82, 2.24) is 0 Å². The molecule has 0 spiro atoms. The molecule has 0 radical (unpaired) electrons. The number of aryl methyl sites for hydroxylation is 1. The number of carbonyl (C=O) groups is 5. The van der Waals surface area contributed by atoms with E-state index >= 15 is 9.59 Å². The number of aliphatic hydroxyl groups excluding tert-OH is 1. The van der Waals surface area contributed by atoms with Gasteiger partial charge >= 0.3 is 0 Å². The molecular weight excluding hydrogens is 660 g/mol. The summed E-state index contributed by atoms with van der Waals surface area (Å²) in [4.78, 5) is 71.4. The van der Waals surface area contributed by atoms with Crippen LogP contribution in [-0.4, -0.2) is 62.5 Å². The third kappa shape index (κ3) is 4.04. The molecule has 9 nitrogen and oxygen atoms in total. The van der Waals surface area contributed by atoms with Crippen LogP contribution in [0.5, 0.6) is 11.5 Å². The molecule has 8 atom stereocenters. The van der Waals surface area contributed by atoms with Crippen LogP contribution >= 0.6 is 0 Å². The van der Waals surface area contributed by atoms with Crippen molar-refractivity contribution in [3.8, 4) is 33.8 Å². The molecular formula is C43H44O9. The average Bonchev–Trinajstić information content (AvgIpc) is 3.78. The first-order valence-electron chi connectivity index (χ1n) is 18.4. The van der Waals surface area contributed by atoms with Crippen molar-refractivity contribution in [1.29, 1.82) is 0 Å². The summed E-state index contributed by atoms with van der Waals surface area (Å²) in [6, 6.07) is 13.6. The van der Waals surface area contributed by atoms with Crippen LogP contribution in [-0.2, 0) is 38.4 Å². The number of hydrogen-bond donors (Lipinski definition) is 3. The predicted molar refractivity (Wildman–Crippen MR) is 191 cm³/mol. The highest BCUT2D eigenvalue weighted by Gasteiger charge is 2.80. The van der Waals surface area contributed by atoms with Gasteiger partial charge in [-0.1, -0.05) is 65.0 Å². The van der Waals surface area contributed by atoms with Gasteiger partial charge < -0.3 is 20.1 Å². The van der Waals surface area contributed by atoms with E-state index in [1.807, 2.05) is 36.4 Å². The average molecular weight is 705 g/mol. The molecule has 3 aromatic rings. The highest BCUT2D eigenvalue weighted by Crippen LogP contribution is 2.67. The fourth-order valence-corrected chi connectivity index (χ4v) is 11.1. The summed E-state index contributed by atoms with van der Waals surface area (Å²) < 4.78 is 5.94. The molecule has 1 aliphatic heterocycles. The molecule has 0 amide bonds. The Labute approximate surface area is 302 Å². The highest BCUT2D eigenvalue weighted by molar-refractivity contribution is 6.33. The topological polar surface area (TPSA) is 155 Å². The van der Waals surface area contributed by atoms with Crippen LogP contribution in [0.25, 0.3) is 22.3 Å². The molecule has 2 fully saturated rings. The first kappa shape index (κ1) is 34.6. The minimum atomic E-state index is -3.03. The van der Waals surface area contributed by atoms with Crippen LogP contribution in [0, 0.1) is 34.5 Å². The van der Waals surface area contributed by atoms with Gasteiger partial charge in [0.05, 0.1) is 24.2 Å². The zero-order chi connectivity index (χ0) is 37.4. The zero-order valence-corrected chi connectivity index (χ0v) is 30.3. The summed E-state index contributed by atoms with van der Waals surface area (Å²) in [5, 5.41) is 37.6. The smallest absolute Gasteiger partial charge is 0.191 e. The number of ketones is 5. The molecule has 1 heterocycles. The molecule has 270 valence electrons. The number of aliphatic hydroxyl groups is 2. The Morgan fingerprint density at radius 2 is 1.65 bits per heavy atom. The Kier molecular flexibility index (Phi) is 7.50. The molecule has 3 unspecified atom stereocenters. The van der Waals surface area contributed by atoms with Gasteiger partial charge in [-0.2, -0.15) is 0 Å². The van der Waals surface area contributed by atoms with Crippen LogP contribution in [0.2, 0.25) is 0 Å². The molecule has 5 aliphatic rings. The Hall–Kier alpha value is -4.47. The second-order valence-corrected chi connectivity index (χ2v) is 16.5. The van der Waals surface area contributed by atoms with Crippen molar-refractivity contribution in [2.75, 3.05) is 6.61 Å². The molecule has 3 aromatic carbocycles. The van der Waals surface area contributed by atoms with Crippen LogP contribution in [0.3, 0.4) is 0 Å². The largest absolute Gasteiger partial charge is 0.507 e. The molecule has 3 N–H and O–H groups in total. The van der Waals surface area contributed by atoms with E-state index < -0.39 is 81.0 Å². The quantitative estimate of drug-likeness (QED) is 0.304. The number of phenols is 1.